The van der Waals surface area contributed by atoms with Gasteiger partial charge in [0.15, 0.2) is 5.17 Å². The number of aliphatic imine (C=N–C) groups is 1. The Morgan fingerprint density at radius 1 is 1.37 bits per heavy atom. The second-order valence-electron chi connectivity index (χ2n) is 3.92. The third kappa shape index (κ3) is 5.12. The minimum absolute atomic E-state index is 0.180. The van der Waals surface area contributed by atoms with E-state index in [1.165, 1.54) is 23.9 Å². The van der Waals surface area contributed by atoms with Gasteiger partial charge in [0.2, 0.25) is 0 Å². The molecule has 0 atom stereocenters. The predicted octanol–water partition coefficient (Wildman–Crippen LogP) is 2.07. The molecule has 0 amide bonds. The summed E-state index contributed by atoms with van der Waals surface area (Å²) in [6, 6.07) is 6.06. The van der Waals surface area contributed by atoms with E-state index in [1.54, 1.807) is 18.4 Å². The molecule has 0 aliphatic heterocycles. The lowest BCUT2D eigenvalue weighted by molar-refractivity contribution is 0.593. The Labute approximate surface area is 118 Å². The minimum Gasteiger partial charge on any atom is -0.399 e. The van der Waals surface area contributed by atoms with Crippen LogP contribution in [0.15, 0.2) is 34.2 Å². The van der Waals surface area contributed by atoms with Crippen LogP contribution in [0.25, 0.3) is 0 Å². The van der Waals surface area contributed by atoms with Crippen LogP contribution in [0.3, 0.4) is 0 Å². The zero-order valence-electron chi connectivity index (χ0n) is 11.1. The number of sulfonamides is 1. The number of nitrogens with two attached hydrogens (primary N) is 1. The second kappa shape index (κ2) is 7.40. The van der Waals surface area contributed by atoms with Crippen molar-refractivity contribution < 1.29 is 8.42 Å². The highest BCUT2D eigenvalue weighted by atomic mass is 32.2. The van der Waals surface area contributed by atoms with Gasteiger partial charge in [0.25, 0.3) is 10.0 Å². The van der Waals surface area contributed by atoms with Crippen LogP contribution in [0.5, 0.6) is 0 Å². The van der Waals surface area contributed by atoms with Gasteiger partial charge in [-0.25, -0.2) is 8.42 Å². The van der Waals surface area contributed by atoms with Crippen LogP contribution in [0, 0.1) is 0 Å². The maximum absolute atomic E-state index is 12.1. The van der Waals surface area contributed by atoms with Crippen LogP contribution in [-0.4, -0.2) is 26.4 Å². The lowest BCUT2D eigenvalue weighted by Gasteiger charge is -2.09. The number of nitrogen functional groups attached to an aromatic ring is 1. The van der Waals surface area contributed by atoms with Gasteiger partial charge in [-0.05, 0) is 36.9 Å². The van der Waals surface area contributed by atoms with Crippen molar-refractivity contribution in [2.45, 2.75) is 24.7 Å². The number of hydrogen-bond donors (Lipinski definition) is 2. The molecule has 0 aliphatic carbocycles. The molecule has 0 aromatic heterocycles. The minimum atomic E-state index is -3.58. The van der Waals surface area contributed by atoms with Gasteiger partial charge in [-0.15, -0.1) is 0 Å². The number of nitrogens with one attached hydrogen (secondary N) is 1. The van der Waals surface area contributed by atoms with Gasteiger partial charge in [-0.1, -0.05) is 25.1 Å². The molecular formula is C12H19N3O2S2. The van der Waals surface area contributed by atoms with Crippen molar-refractivity contribution in [3.63, 3.8) is 0 Å². The number of nitrogens with zero attached hydrogens (tertiary/aromatic N) is 1. The molecule has 0 radical (unpaired) electrons. The van der Waals surface area contributed by atoms with Gasteiger partial charge in [0, 0.05) is 12.2 Å². The number of benzene rings is 1. The molecule has 0 saturated heterocycles. The van der Waals surface area contributed by atoms with Crippen LogP contribution in [0.1, 0.15) is 19.8 Å². The number of anilines is 1. The van der Waals surface area contributed by atoms with Gasteiger partial charge >= 0.3 is 0 Å². The maximum atomic E-state index is 12.1. The van der Waals surface area contributed by atoms with Crippen LogP contribution in [0.2, 0.25) is 0 Å². The smallest absolute Gasteiger partial charge is 0.263 e. The summed E-state index contributed by atoms with van der Waals surface area (Å²) in [5.74, 6) is 0. The SMILES string of the molecule is CCCCN=C(NS(=O)(=O)c1ccc(N)cc1)SC. The molecule has 1 aromatic rings. The van der Waals surface area contributed by atoms with E-state index >= 15 is 0 Å². The Bertz CT molecular complexity index is 524. The molecule has 7 heteroatoms. The third-order valence-electron chi connectivity index (χ3n) is 2.37. The molecule has 3 N–H and O–H groups in total. The molecule has 0 unspecified atom stereocenters. The molecule has 1 rings (SSSR count). The lowest BCUT2D eigenvalue weighted by Crippen LogP contribution is -2.28. The van der Waals surface area contributed by atoms with Crippen LogP contribution >= 0.6 is 11.8 Å². The first-order valence-electron chi connectivity index (χ1n) is 5.96. The Morgan fingerprint density at radius 3 is 2.53 bits per heavy atom. The summed E-state index contributed by atoms with van der Waals surface area (Å²) in [5.41, 5.74) is 6.06. The van der Waals surface area contributed by atoms with Crippen LogP contribution in [-0.2, 0) is 10.0 Å². The van der Waals surface area contributed by atoms with Gasteiger partial charge in [0.1, 0.15) is 0 Å². The van der Waals surface area contributed by atoms with Crippen LogP contribution in [0.4, 0.5) is 5.69 Å². The normalized spacial score (nSPS) is 12.4. The summed E-state index contributed by atoms with van der Waals surface area (Å²) in [6.45, 7) is 2.68. The van der Waals surface area contributed by atoms with Crippen molar-refractivity contribution in [1.82, 2.24) is 4.72 Å². The summed E-state index contributed by atoms with van der Waals surface area (Å²) in [5, 5.41) is 0.408. The molecule has 0 saturated carbocycles. The van der Waals surface area contributed by atoms with Gasteiger partial charge < -0.3 is 5.73 Å². The molecule has 5 nitrogen and oxygen atoms in total. The Hall–Kier alpha value is -1.21. The van der Waals surface area contributed by atoms with Gasteiger partial charge in [-0.2, -0.15) is 0 Å². The number of hydrogen-bond acceptors (Lipinski definition) is 5. The Kier molecular flexibility index (Phi) is 6.17. The zero-order valence-corrected chi connectivity index (χ0v) is 12.7. The van der Waals surface area contributed by atoms with E-state index < -0.39 is 10.0 Å². The largest absolute Gasteiger partial charge is 0.399 e. The van der Waals surface area contributed by atoms with Gasteiger partial charge in [0.05, 0.1) is 4.90 Å². The second-order valence-corrected chi connectivity index (χ2v) is 6.40. The molecule has 1 aromatic carbocycles. The predicted molar refractivity (Wildman–Crippen MR) is 81.9 cm³/mol. The number of amidine groups is 1. The molecule has 19 heavy (non-hydrogen) atoms. The monoisotopic (exact) mass is 301 g/mol. The highest BCUT2D eigenvalue weighted by Crippen LogP contribution is 2.12. The summed E-state index contributed by atoms with van der Waals surface area (Å²) >= 11 is 1.28. The first-order chi connectivity index (χ1) is 8.99. The zero-order chi connectivity index (χ0) is 14.3. The third-order valence-corrected chi connectivity index (χ3v) is 4.47. The fourth-order valence-electron chi connectivity index (χ4n) is 1.30. The van der Waals surface area contributed by atoms with E-state index in [2.05, 4.69) is 16.6 Å². The number of rotatable bonds is 5. The van der Waals surface area contributed by atoms with Crippen molar-refractivity contribution in [2.24, 2.45) is 4.99 Å². The first kappa shape index (κ1) is 15.8. The van der Waals surface area contributed by atoms with Crippen LogP contribution < -0.4 is 10.5 Å². The quantitative estimate of drug-likeness (QED) is 0.377. The highest BCUT2D eigenvalue weighted by molar-refractivity contribution is 8.14. The van der Waals surface area contributed by atoms with E-state index in [9.17, 15) is 8.42 Å². The molecule has 106 valence electrons. The summed E-state index contributed by atoms with van der Waals surface area (Å²) in [4.78, 5) is 4.40. The fourth-order valence-corrected chi connectivity index (χ4v) is 3.09. The molecular weight excluding hydrogens is 282 g/mol. The molecule has 0 fully saturated rings. The van der Waals surface area contributed by atoms with E-state index in [0.29, 0.717) is 17.4 Å². The average molecular weight is 301 g/mol. The number of unbranched alkanes of at least 4 members (excludes halogenated alkanes) is 1. The van der Waals surface area contributed by atoms with E-state index in [-0.39, 0.29) is 4.90 Å². The topological polar surface area (TPSA) is 84.5 Å². The fraction of sp³-hybridized carbons (Fsp3) is 0.417. The molecule has 0 aliphatic rings. The first-order valence-corrected chi connectivity index (χ1v) is 8.67. The number of thioether (sulfide) groups is 1. The Balaban J connectivity index is 2.83. The summed E-state index contributed by atoms with van der Waals surface area (Å²) in [6.07, 6.45) is 3.75. The average Bonchev–Trinajstić information content (AvgIpc) is 2.38. The Morgan fingerprint density at radius 2 is 2.00 bits per heavy atom. The standard InChI is InChI=1S/C12H19N3O2S2/c1-3-4-9-14-12(18-2)15-19(16,17)11-7-5-10(13)6-8-11/h5-8H,3-4,9,13H2,1-2H3,(H,14,15). The van der Waals surface area contributed by atoms with Crippen molar-refractivity contribution >= 4 is 32.6 Å². The van der Waals surface area contributed by atoms with Gasteiger partial charge in [-0.3, -0.25) is 9.71 Å². The van der Waals surface area contributed by atoms with E-state index in [0.717, 1.165) is 12.8 Å². The van der Waals surface area contributed by atoms with E-state index in [4.69, 9.17) is 5.73 Å². The van der Waals surface area contributed by atoms with E-state index in [1.807, 2.05) is 0 Å². The molecule has 0 bridgehead atoms. The van der Waals surface area contributed by atoms with Crippen molar-refractivity contribution in [3.05, 3.63) is 24.3 Å². The summed E-state index contributed by atoms with van der Waals surface area (Å²) < 4.78 is 26.7. The molecule has 0 heterocycles. The van der Waals surface area contributed by atoms with Crippen molar-refractivity contribution in [1.29, 1.82) is 0 Å². The maximum Gasteiger partial charge on any atom is 0.263 e. The lowest BCUT2D eigenvalue weighted by atomic mass is 10.3. The van der Waals surface area contributed by atoms with Crippen molar-refractivity contribution in [3.8, 4) is 0 Å². The summed E-state index contributed by atoms with van der Waals surface area (Å²) in [7, 11) is -3.58. The highest BCUT2D eigenvalue weighted by Gasteiger charge is 2.15. The molecule has 0 spiro atoms. The van der Waals surface area contributed by atoms with Crippen molar-refractivity contribution in [2.75, 3.05) is 18.5 Å².